The van der Waals surface area contributed by atoms with Gasteiger partial charge in [-0.1, -0.05) is 54.6 Å². The molecule has 0 saturated heterocycles. The van der Waals surface area contributed by atoms with Crippen molar-refractivity contribution >= 4 is 65.0 Å². The Bertz CT molecular complexity index is 1910. The Hall–Kier alpha value is -4.63. The largest absolute Gasteiger partial charge is 0.516 e. The number of hydrogen-bond acceptors (Lipinski definition) is 6. The molecule has 0 heterocycles. The first-order chi connectivity index (χ1) is 19.2. The van der Waals surface area contributed by atoms with Gasteiger partial charge in [0.25, 0.3) is 0 Å². The molecular weight excluding hydrogens is 585 g/mol. The predicted octanol–water partition coefficient (Wildman–Crippen LogP) is 5.27. The molecule has 4 rings (SSSR count). The van der Waals surface area contributed by atoms with Crippen LogP contribution in [0.15, 0.2) is 85.5 Å². The van der Waals surface area contributed by atoms with E-state index in [9.17, 15) is 39.6 Å². The number of alkyl halides is 3. The Labute approximate surface area is 232 Å². The molecule has 4 amide bonds. The Morgan fingerprint density at radius 2 is 1.39 bits per heavy atom. The van der Waals surface area contributed by atoms with Gasteiger partial charge >= 0.3 is 27.6 Å². The maximum absolute atomic E-state index is 12.7. The summed E-state index contributed by atoms with van der Waals surface area (Å²) in [6.45, 7) is 3.34. The van der Waals surface area contributed by atoms with Crippen LogP contribution in [-0.4, -0.2) is 40.2 Å². The first-order valence-electron chi connectivity index (χ1n) is 11.6. The zero-order valence-corrected chi connectivity index (χ0v) is 22.5. The summed E-state index contributed by atoms with van der Waals surface area (Å²) < 4.78 is 87.4. The van der Waals surface area contributed by atoms with Crippen LogP contribution < -0.4 is 20.1 Å². The minimum Gasteiger partial charge on any atom is -0.307 e. The van der Waals surface area contributed by atoms with Crippen molar-refractivity contribution in [1.29, 1.82) is 0 Å². The molecule has 0 bridgehead atoms. The Kier molecular flexibility index (Phi) is 7.94. The number of nitrogens with one attached hydrogen (secondary N) is 4. The van der Waals surface area contributed by atoms with E-state index in [4.69, 9.17) is 0 Å². The normalized spacial score (nSPS) is 12.1. The van der Waals surface area contributed by atoms with Crippen LogP contribution in [0.3, 0.4) is 0 Å². The van der Waals surface area contributed by atoms with Crippen LogP contribution in [0.25, 0.3) is 32.7 Å². The van der Waals surface area contributed by atoms with E-state index in [0.29, 0.717) is 32.7 Å². The maximum atomic E-state index is 12.7. The summed E-state index contributed by atoms with van der Waals surface area (Å²) in [6.07, 6.45) is 1.13. The first kappa shape index (κ1) is 29.4. The molecule has 4 N–H and O–H groups in total. The van der Waals surface area contributed by atoms with Gasteiger partial charge in [-0.05, 0) is 46.2 Å². The van der Waals surface area contributed by atoms with Crippen LogP contribution in [0.2, 0.25) is 0 Å². The van der Waals surface area contributed by atoms with Gasteiger partial charge in [0, 0.05) is 10.8 Å². The van der Waals surface area contributed by atoms with Gasteiger partial charge in [-0.2, -0.15) is 21.6 Å². The fourth-order valence-corrected chi connectivity index (χ4v) is 5.09. The molecule has 15 heteroatoms. The molecule has 0 unspecified atom stereocenters. The minimum absolute atomic E-state index is 0.0326. The summed E-state index contributed by atoms with van der Waals surface area (Å²) >= 11 is 0. The van der Waals surface area contributed by atoms with Gasteiger partial charge in [-0.3, -0.25) is 0 Å². The lowest BCUT2D eigenvalue weighted by Gasteiger charge is -2.14. The number of rotatable bonds is 7. The summed E-state index contributed by atoms with van der Waals surface area (Å²) in [7, 11) is -9.86. The summed E-state index contributed by atoms with van der Waals surface area (Å²) in [4.78, 5) is 24.6. The van der Waals surface area contributed by atoms with Crippen molar-refractivity contribution in [3.63, 3.8) is 0 Å². The molecule has 0 saturated carbocycles. The zero-order valence-electron chi connectivity index (χ0n) is 20.8. The standard InChI is InChI=1S/C26H21F3N4O6S2/c1-2-12-40(36,37)32-24(34)31-23-15-19(13-18-6-3-4-8-20(18)23)17-11-10-16-7-5-9-22(21(16)14-17)30-25(35)33-41(38,39)26(27,28)29/h2-11,13-15H,1,12H2,(H2,30,33,35)(H2,31,32,34). The molecule has 0 radical (unpaired) electrons. The van der Waals surface area contributed by atoms with E-state index in [-0.39, 0.29) is 11.4 Å². The monoisotopic (exact) mass is 606 g/mol. The van der Waals surface area contributed by atoms with Crippen LogP contribution in [0.1, 0.15) is 0 Å². The number of halogens is 3. The number of amides is 4. The lowest BCUT2D eigenvalue weighted by Crippen LogP contribution is -2.42. The van der Waals surface area contributed by atoms with E-state index in [1.54, 1.807) is 60.7 Å². The molecule has 0 aliphatic carbocycles. The lowest BCUT2D eigenvalue weighted by molar-refractivity contribution is -0.0444. The molecule has 0 aliphatic heterocycles. The number of urea groups is 2. The molecule has 0 atom stereocenters. The average Bonchev–Trinajstić information content (AvgIpc) is 2.87. The van der Waals surface area contributed by atoms with Gasteiger partial charge < -0.3 is 10.6 Å². The van der Waals surface area contributed by atoms with Crippen molar-refractivity contribution in [1.82, 2.24) is 9.44 Å². The number of benzene rings is 4. The van der Waals surface area contributed by atoms with Crippen molar-refractivity contribution < 1.29 is 39.6 Å². The highest BCUT2D eigenvalue weighted by molar-refractivity contribution is 7.91. The first-order valence-corrected chi connectivity index (χ1v) is 14.7. The average molecular weight is 607 g/mol. The quantitative estimate of drug-likeness (QED) is 0.211. The SMILES string of the molecule is C=CCS(=O)(=O)NC(=O)Nc1cc(-c2ccc3cccc(NC(=O)NS(=O)(=O)C(F)(F)F)c3c2)cc2ccccc12. The molecule has 0 aliphatic rings. The fraction of sp³-hybridized carbons (Fsp3) is 0.0769. The van der Waals surface area contributed by atoms with Gasteiger partial charge in [0.2, 0.25) is 10.0 Å². The van der Waals surface area contributed by atoms with Gasteiger partial charge in [-0.25, -0.2) is 27.5 Å². The van der Waals surface area contributed by atoms with Gasteiger partial charge in [-0.15, -0.1) is 6.58 Å². The molecule has 4 aromatic carbocycles. The van der Waals surface area contributed by atoms with Crippen LogP contribution in [-0.2, 0) is 20.0 Å². The molecule has 0 aromatic heterocycles. The number of hydrogen-bond donors (Lipinski definition) is 4. The summed E-state index contributed by atoms with van der Waals surface area (Å²) in [6, 6.07) is 17.4. The van der Waals surface area contributed by atoms with Crippen LogP contribution in [0.5, 0.6) is 0 Å². The van der Waals surface area contributed by atoms with E-state index >= 15 is 0 Å². The third-order valence-corrected chi connectivity index (χ3v) is 7.93. The molecule has 41 heavy (non-hydrogen) atoms. The molecule has 10 nitrogen and oxygen atoms in total. The highest BCUT2D eigenvalue weighted by Gasteiger charge is 2.47. The smallest absolute Gasteiger partial charge is 0.307 e. The van der Waals surface area contributed by atoms with Crippen molar-refractivity contribution in [2.45, 2.75) is 5.51 Å². The van der Waals surface area contributed by atoms with E-state index in [2.05, 4.69) is 17.2 Å². The Morgan fingerprint density at radius 3 is 2.10 bits per heavy atom. The molecule has 0 fully saturated rings. The Morgan fingerprint density at radius 1 is 0.732 bits per heavy atom. The van der Waals surface area contributed by atoms with Crippen molar-refractivity contribution in [2.75, 3.05) is 16.4 Å². The van der Waals surface area contributed by atoms with E-state index in [1.807, 2.05) is 4.72 Å². The second-order valence-corrected chi connectivity index (χ2v) is 12.1. The van der Waals surface area contributed by atoms with Crippen molar-refractivity contribution in [3.8, 4) is 11.1 Å². The minimum atomic E-state index is -5.92. The van der Waals surface area contributed by atoms with Gasteiger partial charge in [0.05, 0.1) is 17.1 Å². The molecule has 214 valence electrons. The number of sulfonamides is 2. The molecule has 4 aromatic rings. The second-order valence-electron chi connectivity index (χ2n) is 8.62. The summed E-state index contributed by atoms with van der Waals surface area (Å²) in [5.41, 5.74) is -4.24. The van der Waals surface area contributed by atoms with Crippen molar-refractivity contribution in [2.24, 2.45) is 0 Å². The van der Waals surface area contributed by atoms with Crippen LogP contribution in [0, 0.1) is 0 Å². The number of carbonyl (C=O) groups excluding carboxylic acids is 2. The van der Waals surface area contributed by atoms with Crippen molar-refractivity contribution in [3.05, 3.63) is 85.5 Å². The molecule has 0 spiro atoms. The maximum Gasteiger partial charge on any atom is 0.516 e. The lowest BCUT2D eigenvalue weighted by atomic mass is 9.97. The highest BCUT2D eigenvalue weighted by atomic mass is 32.2. The number of anilines is 2. The zero-order chi connectivity index (χ0) is 30.0. The van der Waals surface area contributed by atoms with Gasteiger partial charge in [0.15, 0.2) is 0 Å². The summed E-state index contributed by atoms with van der Waals surface area (Å²) in [5, 5.41) is 6.93. The predicted molar refractivity (Wildman–Crippen MR) is 150 cm³/mol. The Balaban J connectivity index is 1.72. The van der Waals surface area contributed by atoms with Gasteiger partial charge in [0.1, 0.15) is 0 Å². The topological polar surface area (TPSA) is 151 Å². The van der Waals surface area contributed by atoms with E-state index < -0.39 is 43.4 Å². The third kappa shape index (κ3) is 6.75. The summed E-state index contributed by atoms with van der Waals surface area (Å²) in [5.74, 6) is -0.463. The van der Waals surface area contributed by atoms with E-state index in [0.717, 1.165) is 10.8 Å². The number of fused-ring (bicyclic) bond motifs is 2. The van der Waals surface area contributed by atoms with Crippen LogP contribution >= 0.6 is 0 Å². The third-order valence-electron chi connectivity index (χ3n) is 5.69. The molecular formula is C26H21F3N4O6S2. The highest BCUT2D eigenvalue weighted by Crippen LogP contribution is 2.34. The van der Waals surface area contributed by atoms with Crippen LogP contribution in [0.4, 0.5) is 34.1 Å². The second kappa shape index (κ2) is 11.1. The van der Waals surface area contributed by atoms with E-state index in [1.165, 1.54) is 12.1 Å². The number of carbonyl (C=O) groups is 2. The fourth-order valence-electron chi connectivity index (χ4n) is 3.96.